The number of rotatable bonds is 7. The zero-order valence-corrected chi connectivity index (χ0v) is 17.7. The Balaban J connectivity index is 1.64. The van der Waals surface area contributed by atoms with Gasteiger partial charge < -0.3 is 10.1 Å². The lowest BCUT2D eigenvalue weighted by Gasteiger charge is -2.26. The molecule has 1 fully saturated rings. The zero-order valence-electron chi connectivity index (χ0n) is 16.9. The highest BCUT2D eigenvalue weighted by Crippen LogP contribution is 2.19. The normalized spacial score (nSPS) is 16.3. The smallest absolute Gasteiger partial charge is 0.251 e. The van der Waals surface area contributed by atoms with E-state index in [1.54, 1.807) is 24.3 Å². The number of hydrogen-bond donors (Lipinski definition) is 1. The first kappa shape index (κ1) is 21.5. The van der Waals surface area contributed by atoms with Gasteiger partial charge in [-0.25, -0.2) is 8.42 Å². The molecule has 1 atom stereocenters. The molecule has 6 nitrogen and oxygen atoms in total. The average Bonchev–Trinajstić information content (AvgIpc) is 2.73. The maximum absolute atomic E-state index is 12.6. The van der Waals surface area contributed by atoms with Gasteiger partial charge in [0, 0.05) is 18.7 Å². The van der Waals surface area contributed by atoms with Crippen LogP contribution in [0.25, 0.3) is 0 Å². The number of morpholine rings is 1. The van der Waals surface area contributed by atoms with Crippen molar-refractivity contribution < 1.29 is 17.9 Å². The Labute approximate surface area is 172 Å². The number of carbonyl (C=O) groups excluding carboxylic acids is 1. The molecule has 1 heterocycles. The summed E-state index contributed by atoms with van der Waals surface area (Å²) in [5.74, 6) is -0.240. The van der Waals surface area contributed by atoms with Crippen LogP contribution >= 0.6 is 0 Å². The fourth-order valence-corrected chi connectivity index (χ4v) is 4.84. The van der Waals surface area contributed by atoms with E-state index >= 15 is 0 Å². The van der Waals surface area contributed by atoms with Crippen molar-refractivity contribution in [1.82, 2.24) is 9.62 Å². The molecule has 7 heteroatoms. The molecular weight excluding hydrogens is 388 g/mol. The van der Waals surface area contributed by atoms with Gasteiger partial charge in [-0.2, -0.15) is 4.31 Å². The van der Waals surface area contributed by atoms with Crippen LogP contribution in [-0.2, 0) is 20.5 Å². The molecule has 0 aromatic heterocycles. The van der Waals surface area contributed by atoms with Crippen LogP contribution in [0.4, 0.5) is 0 Å². The lowest BCUT2D eigenvalue weighted by molar-refractivity contribution is 0.0729. The molecular formula is C22H28N2O4S. The first-order chi connectivity index (χ1) is 13.9. The van der Waals surface area contributed by atoms with Crippen LogP contribution < -0.4 is 5.32 Å². The van der Waals surface area contributed by atoms with Crippen molar-refractivity contribution in [3.8, 4) is 0 Å². The van der Waals surface area contributed by atoms with Crippen molar-refractivity contribution in [1.29, 1.82) is 0 Å². The van der Waals surface area contributed by atoms with Gasteiger partial charge in [-0.3, -0.25) is 4.79 Å². The van der Waals surface area contributed by atoms with Gasteiger partial charge in [0.25, 0.3) is 5.91 Å². The SMILES string of the molecule is CCC(NC(=O)c1ccc(CS(=O)(=O)N2CCOCC2)cc1)c1ccc(C)cc1. The third kappa shape index (κ3) is 5.65. The van der Waals surface area contributed by atoms with E-state index in [-0.39, 0.29) is 17.7 Å². The van der Waals surface area contributed by atoms with Gasteiger partial charge in [-0.1, -0.05) is 48.9 Å². The van der Waals surface area contributed by atoms with Gasteiger partial charge in [0.1, 0.15) is 0 Å². The van der Waals surface area contributed by atoms with E-state index in [1.807, 2.05) is 38.1 Å². The van der Waals surface area contributed by atoms with Gasteiger partial charge in [0.15, 0.2) is 0 Å². The second-order valence-corrected chi connectivity index (χ2v) is 9.28. The second kappa shape index (κ2) is 9.52. The van der Waals surface area contributed by atoms with Crippen molar-refractivity contribution in [3.63, 3.8) is 0 Å². The summed E-state index contributed by atoms with van der Waals surface area (Å²) in [7, 11) is -3.38. The number of nitrogens with zero attached hydrogens (tertiary/aromatic N) is 1. The summed E-state index contributed by atoms with van der Waals surface area (Å²) in [6.45, 7) is 5.70. The lowest BCUT2D eigenvalue weighted by atomic mass is 10.0. The number of ether oxygens (including phenoxy) is 1. The predicted molar refractivity (Wildman–Crippen MR) is 113 cm³/mol. The first-order valence-electron chi connectivity index (χ1n) is 9.91. The van der Waals surface area contributed by atoms with Crippen LogP contribution in [0.15, 0.2) is 48.5 Å². The highest BCUT2D eigenvalue weighted by molar-refractivity contribution is 7.88. The molecule has 1 unspecified atom stereocenters. The molecule has 1 aliphatic heterocycles. The summed E-state index contributed by atoms with van der Waals surface area (Å²) >= 11 is 0. The van der Waals surface area contributed by atoms with Gasteiger partial charge in [0.05, 0.1) is 25.0 Å². The van der Waals surface area contributed by atoms with Crippen molar-refractivity contribution in [2.24, 2.45) is 0 Å². The summed E-state index contributed by atoms with van der Waals surface area (Å²) in [5.41, 5.74) is 3.43. The predicted octanol–water partition coefficient (Wildman–Crippen LogP) is 3.04. The van der Waals surface area contributed by atoms with E-state index in [9.17, 15) is 13.2 Å². The molecule has 3 rings (SSSR count). The van der Waals surface area contributed by atoms with Gasteiger partial charge >= 0.3 is 0 Å². The minimum Gasteiger partial charge on any atom is -0.379 e. The summed E-state index contributed by atoms with van der Waals surface area (Å²) in [5, 5.41) is 3.06. The Kier molecular flexibility index (Phi) is 7.05. The minimum absolute atomic E-state index is 0.0653. The molecule has 156 valence electrons. The first-order valence-corrected chi connectivity index (χ1v) is 11.5. The van der Waals surface area contributed by atoms with Crippen LogP contribution in [0, 0.1) is 6.92 Å². The Bertz CT molecular complexity index is 918. The van der Waals surface area contributed by atoms with E-state index in [4.69, 9.17) is 4.74 Å². The molecule has 2 aromatic carbocycles. The number of nitrogens with one attached hydrogen (secondary N) is 1. The van der Waals surface area contributed by atoms with E-state index < -0.39 is 10.0 Å². The Hall–Kier alpha value is -2.22. The Morgan fingerprint density at radius 1 is 1.07 bits per heavy atom. The number of amides is 1. The molecule has 2 aromatic rings. The van der Waals surface area contributed by atoms with Crippen LogP contribution in [0.2, 0.25) is 0 Å². The molecule has 1 saturated heterocycles. The fourth-order valence-electron chi connectivity index (χ4n) is 3.34. The van der Waals surface area contributed by atoms with Crippen LogP contribution in [0.1, 0.15) is 46.4 Å². The molecule has 0 spiro atoms. The zero-order chi connectivity index (χ0) is 20.9. The second-order valence-electron chi connectivity index (χ2n) is 7.31. The van der Waals surface area contributed by atoms with Crippen LogP contribution in [-0.4, -0.2) is 44.9 Å². The Morgan fingerprint density at radius 2 is 1.69 bits per heavy atom. The molecule has 1 aliphatic rings. The topological polar surface area (TPSA) is 75.7 Å². The number of benzene rings is 2. The van der Waals surface area contributed by atoms with Crippen molar-refractivity contribution >= 4 is 15.9 Å². The molecule has 0 saturated carbocycles. The molecule has 1 amide bonds. The average molecular weight is 417 g/mol. The lowest BCUT2D eigenvalue weighted by Crippen LogP contribution is -2.41. The van der Waals surface area contributed by atoms with Crippen molar-refractivity contribution in [3.05, 3.63) is 70.8 Å². The molecule has 0 aliphatic carbocycles. The largest absolute Gasteiger partial charge is 0.379 e. The number of hydrogen-bond acceptors (Lipinski definition) is 4. The highest BCUT2D eigenvalue weighted by Gasteiger charge is 2.24. The van der Waals surface area contributed by atoms with Gasteiger partial charge in [0.2, 0.25) is 10.0 Å². The number of aryl methyl sites for hydroxylation is 1. The van der Waals surface area contributed by atoms with Crippen LogP contribution in [0.3, 0.4) is 0 Å². The number of carbonyl (C=O) groups is 1. The maximum Gasteiger partial charge on any atom is 0.251 e. The van der Waals surface area contributed by atoms with Crippen molar-refractivity contribution in [2.75, 3.05) is 26.3 Å². The van der Waals surface area contributed by atoms with Gasteiger partial charge in [-0.15, -0.1) is 0 Å². The maximum atomic E-state index is 12.6. The molecule has 29 heavy (non-hydrogen) atoms. The summed E-state index contributed by atoms with van der Waals surface area (Å²) < 4.78 is 31.7. The number of sulfonamides is 1. The van der Waals surface area contributed by atoms with E-state index in [2.05, 4.69) is 5.32 Å². The third-order valence-electron chi connectivity index (χ3n) is 5.12. The third-order valence-corrected chi connectivity index (χ3v) is 6.97. The minimum atomic E-state index is -3.38. The van der Waals surface area contributed by atoms with Gasteiger partial charge in [-0.05, 0) is 36.6 Å². The monoisotopic (exact) mass is 416 g/mol. The standard InChI is InChI=1S/C22H28N2O4S/c1-3-21(19-8-4-17(2)5-9-19)23-22(25)20-10-6-18(7-11-20)16-29(26,27)24-12-14-28-15-13-24/h4-11,21H,3,12-16H2,1-2H3,(H,23,25). The highest BCUT2D eigenvalue weighted by atomic mass is 32.2. The molecule has 0 radical (unpaired) electrons. The summed E-state index contributed by atoms with van der Waals surface area (Å²) in [6.07, 6.45) is 0.782. The van der Waals surface area contributed by atoms with E-state index in [1.165, 1.54) is 9.87 Å². The molecule has 1 N–H and O–H groups in total. The summed E-state index contributed by atoms with van der Waals surface area (Å²) in [4.78, 5) is 12.6. The van der Waals surface area contributed by atoms with Crippen molar-refractivity contribution in [2.45, 2.75) is 32.1 Å². The van der Waals surface area contributed by atoms with E-state index in [0.717, 1.165) is 12.0 Å². The van der Waals surface area contributed by atoms with Crippen LogP contribution in [0.5, 0.6) is 0 Å². The summed E-state index contributed by atoms with van der Waals surface area (Å²) in [6, 6.07) is 14.8. The Morgan fingerprint density at radius 3 is 2.28 bits per heavy atom. The molecule has 0 bridgehead atoms. The van der Waals surface area contributed by atoms with E-state index in [0.29, 0.717) is 37.4 Å². The fraction of sp³-hybridized carbons (Fsp3) is 0.409. The quantitative estimate of drug-likeness (QED) is 0.753.